The van der Waals surface area contributed by atoms with E-state index in [4.69, 9.17) is 10.8 Å². The van der Waals surface area contributed by atoms with Crippen LogP contribution in [0.4, 0.5) is 5.95 Å². The molecule has 1 aliphatic rings. The van der Waals surface area contributed by atoms with Gasteiger partial charge in [-0.05, 0) is 12.8 Å². The third-order valence-electron chi connectivity index (χ3n) is 2.27. The van der Waals surface area contributed by atoms with Crippen LogP contribution in [0.2, 0.25) is 0 Å². The van der Waals surface area contributed by atoms with Crippen molar-refractivity contribution in [2.45, 2.75) is 23.2 Å². The summed E-state index contributed by atoms with van der Waals surface area (Å²) >= 11 is 1.37. The zero-order valence-corrected chi connectivity index (χ0v) is 8.12. The maximum absolute atomic E-state index is 10.7. The van der Waals surface area contributed by atoms with E-state index in [1.54, 1.807) is 0 Å². The fourth-order valence-corrected chi connectivity index (χ4v) is 2.53. The molecule has 1 aromatic heterocycles. The summed E-state index contributed by atoms with van der Waals surface area (Å²) in [5.74, 6) is -0.740. The van der Waals surface area contributed by atoms with E-state index in [0.717, 1.165) is 12.8 Å². The summed E-state index contributed by atoms with van der Waals surface area (Å²) < 4.78 is 0. The van der Waals surface area contributed by atoms with Crippen molar-refractivity contribution in [2.75, 3.05) is 5.73 Å². The number of aromatic amines is 1. The van der Waals surface area contributed by atoms with Crippen LogP contribution in [-0.4, -0.2) is 31.5 Å². The second-order valence-corrected chi connectivity index (χ2v) is 4.39. The molecule has 76 valence electrons. The highest BCUT2D eigenvalue weighted by molar-refractivity contribution is 7.99. The number of nitrogens with two attached hydrogens (primary N) is 1. The Morgan fingerprint density at radius 1 is 1.64 bits per heavy atom. The predicted molar refractivity (Wildman–Crippen MR) is 50.8 cm³/mol. The van der Waals surface area contributed by atoms with E-state index in [-0.39, 0.29) is 17.1 Å². The van der Waals surface area contributed by atoms with Gasteiger partial charge in [-0.15, -0.1) is 5.10 Å². The minimum absolute atomic E-state index is 0.0858. The van der Waals surface area contributed by atoms with Gasteiger partial charge in [0.2, 0.25) is 11.1 Å². The van der Waals surface area contributed by atoms with E-state index in [9.17, 15) is 4.79 Å². The average Bonchev–Trinajstić information content (AvgIpc) is 2.44. The Kier molecular flexibility index (Phi) is 2.32. The topological polar surface area (TPSA) is 105 Å². The molecule has 0 saturated heterocycles. The van der Waals surface area contributed by atoms with Gasteiger partial charge in [-0.3, -0.25) is 4.79 Å². The largest absolute Gasteiger partial charge is 0.481 e. The lowest BCUT2D eigenvalue weighted by molar-refractivity contribution is -0.144. The zero-order valence-electron chi connectivity index (χ0n) is 7.30. The maximum Gasteiger partial charge on any atom is 0.307 e. The number of carbonyl (C=O) groups is 1. The number of H-pyrrole nitrogens is 1. The van der Waals surface area contributed by atoms with Crippen molar-refractivity contribution in [1.82, 2.24) is 15.2 Å². The quantitative estimate of drug-likeness (QED) is 0.670. The highest BCUT2D eigenvalue weighted by Gasteiger charge is 2.37. The summed E-state index contributed by atoms with van der Waals surface area (Å²) in [6.45, 7) is 0. The Morgan fingerprint density at radius 3 is 2.86 bits per heavy atom. The lowest BCUT2D eigenvalue weighted by Crippen LogP contribution is -2.35. The lowest BCUT2D eigenvalue weighted by Gasteiger charge is -2.31. The second kappa shape index (κ2) is 3.49. The van der Waals surface area contributed by atoms with Crippen LogP contribution in [0, 0.1) is 5.92 Å². The van der Waals surface area contributed by atoms with E-state index < -0.39 is 5.97 Å². The van der Waals surface area contributed by atoms with E-state index in [2.05, 4.69) is 15.2 Å². The van der Waals surface area contributed by atoms with Crippen molar-refractivity contribution in [3.05, 3.63) is 0 Å². The first kappa shape index (κ1) is 9.32. The molecule has 0 radical (unpaired) electrons. The molecule has 6 nitrogen and oxygen atoms in total. The van der Waals surface area contributed by atoms with Crippen LogP contribution in [0.5, 0.6) is 0 Å². The molecule has 7 heteroatoms. The predicted octanol–water partition coefficient (Wildman–Crippen LogP) is 0.342. The van der Waals surface area contributed by atoms with Crippen LogP contribution < -0.4 is 5.73 Å². The number of thioether (sulfide) groups is 1. The lowest BCUT2D eigenvalue weighted by atomic mass is 9.85. The summed E-state index contributed by atoms with van der Waals surface area (Å²) in [5, 5.41) is 15.8. The van der Waals surface area contributed by atoms with Crippen LogP contribution in [-0.2, 0) is 4.79 Å². The van der Waals surface area contributed by atoms with Gasteiger partial charge in [0.15, 0.2) is 0 Å². The molecule has 2 rings (SSSR count). The minimum Gasteiger partial charge on any atom is -0.481 e. The molecule has 1 fully saturated rings. The molecule has 1 aliphatic carbocycles. The van der Waals surface area contributed by atoms with Crippen LogP contribution in [0.15, 0.2) is 5.16 Å². The third kappa shape index (κ3) is 1.67. The summed E-state index contributed by atoms with van der Waals surface area (Å²) in [5.41, 5.74) is 5.35. The van der Waals surface area contributed by atoms with Gasteiger partial charge >= 0.3 is 5.97 Å². The van der Waals surface area contributed by atoms with Crippen LogP contribution in [0.1, 0.15) is 12.8 Å². The molecule has 0 amide bonds. The number of aromatic nitrogens is 3. The molecule has 0 aliphatic heterocycles. The SMILES string of the molecule is Nc1nc(SC2CCC2C(=O)O)n[nH]1. The number of hydrogen-bond acceptors (Lipinski definition) is 5. The highest BCUT2D eigenvalue weighted by Crippen LogP contribution is 2.40. The number of nitrogens with zero attached hydrogens (tertiary/aromatic N) is 2. The molecule has 4 N–H and O–H groups in total. The minimum atomic E-state index is -0.739. The fourth-order valence-electron chi connectivity index (χ4n) is 1.34. The van der Waals surface area contributed by atoms with E-state index in [1.807, 2.05) is 0 Å². The number of anilines is 1. The van der Waals surface area contributed by atoms with Crippen LogP contribution in [0.3, 0.4) is 0 Å². The number of nitrogens with one attached hydrogen (secondary N) is 1. The summed E-state index contributed by atoms with van der Waals surface area (Å²) in [4.78, 5) is 14.6. The maximum atomic E-state index is 10.7. The Hall–Kier alpha value is -1.24. The molecule has 2 atom stereocenters. The number of nitrogen functional groups attached to an aromatic ring is 1. The van der Waals surface area contributed by atoms with Gasteiger partial charge in [-0.25, -0.2) is 5.10 Å². The fraction of sp³-hybridized carbons (Fsp3) is 0.571. The molecule has 1 heterocycles. The van der Waals surface area contributed by atoms with Gasteiger partial charge in [0.05, 0.1) is 5.92 Å². The Labute approximate surface area is 84.3 Å². The standard InChI is InChI=1S/C7H10N4O2S/c8-6-9-7(11-10-6)14-4-2-1-3(4)5(12)13/h3-4H,1-2H2,(H,12,13)(H3,8,9,10,11). The third-order valence-corrected chi connectivity index (χ3v) is 3.53. The molecular weight excluding hydrogens is 204 g/mol. The molecule has 2 unspecified atom stereocenters. The summed E-state index contributed by atoms with van der Waals surface area (Å²) in [7, 11) is 0. The first-order valence-electron chi connectivity index (χ1n) is 4.24. The van der Waals surface area contributed by atoms with Crippen molar-refractivity contribution in [2.24, 2.45) is 5.92 Å². The van der Waals surface area contributed by atoms with E-state index in [0.29, 0.717) is 5.16 Å². The molecule has 1 saturated carbocycles. The van der Waals surface area contributed by atoms with Crippen LogP contribution in [0.25, 0.3) is 0 Å². The van der Waals surface area contributed by atoms with Gasteiger partial charge in [0.25, 0.3) is 0 Å². The Morgan fingerprint density at radius 2 is 2.43 bits per heavy atom. The molecule has 0 aromatic carbocycles. The van der Waals surface area contributed by atoms with Crippen molar-refractivity contribution in [1.29, 1.82) is 0 Å². The highest BCUT2D eigenvalue weighted by atomic mass is 32.2. The van der Waals surface area contributed by atoms with Gasteiger partial charge in [0.1, 0.15) is 0 Å². The van der Waals surface area contributed by atoms with Crippen molar-refractivity contribution in [3.63, 3.8) is 0 Å². The van der Waals surface area contributed by atoms with Crippen LogP contribution >= 0.6 is 11.8 Å². The normalized spacial score (nSPS) is 25.7. The second-order valence-electron chi connectivity index (χ2n) is 3.18. The molecule has 14 heavy (non-hydrogen) atoms. The first-order valence-corrected chi connectivity index (χ1v) is 5.12. The van der Waals surface area contributed by atoms with Gasteiger partial charge < -0.3 is 10.8 Å². The number of aliphatic carboxylic acids is 1. The van der Waals surface area contributed by atoms with Crippen molar-refractivity contribution in [3.8, 4) is 0 Å². The van der Waals surface area contributed by atoms with Gasteiger partial charge in [0, 0.05) is 5.25 Å². The van der Waals surface area contributed by atoms with E-state index in [1.165, 1.54) is 11.8 Å². The monoisotopic (exact) mass is 214 g/mol. The Balaban J connectivity index is 1.95. The number of carboxylic acid groups (broad SMARTS) is 1. The summed E-state index contributed by atoms with van der Waals surface area (Å²) in [6, 6.07) is 0. The van der Waals surface area contributed by atoms with Gasteiger partial charge in [-0.1, -0.05) is 11.8 Å². The van der Waals surface area contributed by atoms with Gasteiger partial charge in [-0.2, -0.15) is 4.98 Å². The number of rotatable bonds is 3. The van der Waals surface area contributed by atoms with Crippen molar-refractivity contribution >= 4 is 23.7 Å². The van der Waals surface area contributed by atoms with Crippen molar-refractivity contribution < 1.29 is 9.90 Å². The zero-order chi connectivity index (χ0) is 10.1. The number of carboxylic acids is 1. The molecule has 0 bridgehead atoms. The Bertz CT molecular complexity index is 353. The smallest absolute Gasteiger partial charge is 0.307 e. The molecule has 1 aromatic rings. The average molecular weight is 214 g/mol. The first-order chi connectivity index (χ1) is 6.66. The summed E-state index contributed by atoms with van der Waals surface area (Å²) in [6.07, 6.45) is 1.64. The molecule has 0 spiro atoms. The van der Waals surface area contributed by atoms with E-state index >= 15 is 0 Å². The number of hydrogen-bond donors (Lipinski definition) is 3. The molecular formula is C7H10N4O2S.